The van der Waals surface area contributed by atoms with Gasteiger partial charge < -0.3 is 10.4 Å². The average Bonchev–Trinajstić information content (AvgIpc) is 2.34. The SMILES string of the molecule is CC(=O)N[C@@H](CSc1ccc([N+](=O)[O-])cc1I)C(=O)O. The molecule has 0 aliphatic carbocycles. The molecule has 1 aromatic rings. The van der Waals surface area contributed by atoms with Crippen molar-refractivity contribution in [3.63, 3.8) is 0 Å². The summed E-state index contributed by atoms with van der Waals surface area (Å²) in [6, 6.07) is 3.34. The Hall–Kier alpha value is -1.36. The Labute approximate surface area is 132 Å². The van der Waals surface area contributed by atoms with Crippen molar-refractivity contribution in [2.24, 2.45) is 0 Å². The molecule has 0 radical (unpaired) electrons. The van der Waals surface area contributed by atoms with Crippen LogP contribution in [0.25, 0.3) is 0 Å². The third-order valence-electron chi connectivity index (χ3n) is 2.21. The van der Waals surface area contributed by atoms with E-state index in [1.807, 2.05) is 22.6 Å². The van der Waals surface area contributed by atoms with E-state index in [0.29, 0.717) is 3.57 Å². The Bertz CT molecular complexity index is 552. The molecule has 0 bridgehead atoms. The van der Waals surface area contributed by atoms with Crippen molar-refractivity contribution in [3.8, 4) is 0 Å². The van der Waals surface area contributed by atoms with Gasteiger partial charge in [-0.3, -0.25) is 14.9 Å². The number of thioether (sulfide) groups is 1. The predicted molar refractivity (Wildman–Crippen MR) is 81.8 cm³/mol. The number of non-ortho nitro benzene ring substituents is 1. The van der Waals surface area contributed by atoms with Crippen LogP contribution in [0.5, 0.6) is 0 Å². The minimum absolute atomic E-state index is 0.0182. The van der Waals surface area contributed by atoms with Crippen LogP contribution in [0.4, 0.5) is 5.69 Å². The van der Waals surface area contributed by atoms with Crippen molar-refractivity contribution >= 4 is 51.9 Å². The highest BCUT2D eigenvalue weighted by molar-refractivity contribution is 14.1. The normalized spacial score (nSPS) is 11.7. The van der Waals surface area contributed by atoms with Crippen LogP contribution >= 0.6 is 34.4 Å². The smallest absolute Gasteiger partial charge is 0.327 e. The molecule has 1 amide bonds. The maximum absolute atomic E-state index is 11.0. The highest BCUT2D eigenvalue weighted by Gasteiger charge is 2.19. The quantitative estimate of drug-likeness (QED) is 0.321. The lowest BCUT2D eigenvalue weighted by molar-refractivity contribution is -0.385. The molecule has 9 heteroatoms. The Morgan fingerprint density at radius 1 is 1.55 bits per heavy atom. The van der Waals surface area contributed by atoms with Crippen molar-refractivity contribution in [2.75, 3.05) is 5.75 Å². The maximum atomic E-state index is 11.0. The van der Waals surface area contributed by atoms with E-state index in [-0.39, 0.29) is 11.4 Å². The fraction of sp³-hybridized carbons (Fsp3) is 0.273. The number of hydrogen-bond donors (Lipinski definition) is 2. The van der Waals surface area contributed by atoms with Crippen LogP contribution in [-0.4, -0.2) is 33.7 Å². The number of carboxylic acids is 1. The van der Waals surface area contributed by atoms with Gasteiger partial charge in [0.25, 0.3) is 5.69 Å². The first-order chi connectivity index (χ1) is 9.31. The topological polar surface area (TPSA) is 110 Å². The molecule has 0 unspecified atom stereocenters. The fourth-order valence-corrected chi connectivity index (χ4v) is 3.21. The number of amides is 1. The average molecular weight is 410 g/mol. The van der Waals surface area contributed by atoms with E-state index in [9.17, 15) is 19.7 Å². The second-order valence-corrected chi connectivity index (χ2v) is 6.00. The summed E-state index contributed by atoms with van der Waals surface area (Å²) in [5.41, 5.74) is -0.0182. The number of carbonyl (C=O) groups excluding carboxylic acids is 1. The van der Waals surface area contributed by atoms with Crippen LogP contribution in [-0.2, 0) is 9.59 Å². The van der Waals surface area contributed by atoms with Gasteiger partial charge in [-0.15, -0.1) is 11.8 Å². The lowest BCUT2D eigenvalue weighted by atomic mass is 10.3. The summed E-state index contributed by atoms with van der Waals surface area (Å²) in [5.74, 6) is -1.40. The van der Waals surface area contributed by atoms with Gasteiger partial charge >= 0.3 is 5.97 Å². The van der Waals surface area contributed by atoms with Crippen LogP contribution in [0.1, 0.15) is 6.92 Å². The van der Waals surface area contributed by atoms with Gasteiger partial charge in [-0.05, 0) is 28.7 Å². The van der Waals surface area contributed by atoms with Gasteiger partial charge in [-0.25, -0.2) is 4.79 Å². The summed E-state index contributed by atoms with van der Waals surface area (Å²) in [6.45, 7) is 1.25. The fourth-order valence-electron chi connectivity index (χ4n) is 1.31. The lowest BCUT2D eigenvalue weighted by Crippen LogP contribution is -2.41. The molecule has 1 atom stereocenters. The monoisotopic (exact) mass is 410 g/mol. The first kappa shape index (κ1) is 16.7. The molecule has 108 valence electrons. The number of benzene rings is 1. The molecule has 2 N–H and O–H groups in total. The van der Waals surface area contributed by atoms with Crippen LogP contribution < -0.4 is 5.32 Å². The van der Waals surface area contributed by atoms with Gasteiger partial charge in [0.15, 0.2) is 0 Å². The van der Waals surface area contributed by atoms with Gasteiger partial charge in [0.1, 0.15) is 6.04 Å². The zero-order valence-electron chi connectivity index (χ0n) is 10.3. The van der Waals surface area contributed by atoms with Crippen LogP contribution in [0.15, 0.2) is 23.1 Å². The number of hydrogen-bond acceptors (Lipinski definition) is 5. The molecule has 0 aromatic heterocycles. The Balaban J connectivity index is 2.75. The summed E-state index contributed by atoms with van der Waals surface area (Å²) in [4.78, 5) is 32.7. The largest absolute Gasteiger partial charge is 0.480 e. The van der Waals surface area contributed by atoms with E-state index in [1.54, 1.807) is 6.07 Å². The molecule has 20 heavy (non-hydrogen) atoms. The molecule has 0 aliphatic rings. The summed E-state index contributed by atoms with van der Waals surface area (Å²) in [7, 11) is 0. The predicted octanol–water partition coefficient (Wildman–Crippen LogP) is 1.88. The molecule has 0 heterocycles. The second kappa shape index (κ2) is 7.43. The van der Waals surface area contributed by atoms with E-state index in [4.69, 9.17) is 5.11 Å². The van der Waals surface area contributed by atoms with Gasteiger partial charge in [-0.2, -0.15) is 0 Å². The molecule has 1 rings (SSSR count). The summed E-state index contributed by atoms with van der Waals surface area (Å²) >= 11 is 3.17. The van der Waals surface area contributed by atoms with E-state index < -0.39 is 22.8 Å². The molecule has 0 saturated carbocycles. The first-order valence-corrected chi connectivity index (χ1v) is 7.44. The number of nitro benzene ring substituents is 1. The minimum atomic E-state index is -1.12. The number of halogens is 1. The van der Waals surface area contributed by atoms with E-state index >= 15 is 0 Å². The Kier molecular flexibility index (Phi) is 6.20. The Morgan fingerprint density at radius 3 is 2.65 bits per heavy atom. The third kappa shape index (κ3) is 4.96. The summed E-state index contributed by atoms with van der Waals surface area (Å²) in [6.07, 6.45) is 0. The first-order valence-electron chi connectivity index (χ1n) is 5.38. The summed E-state index contributed by atoms with van der Waals surface area (Å²) in [5, 5.41) is 21.9. The molecule has 0 aliphatic heterocycles. The number of carboxylic acid groups (broad SMARTS) is 1. The van der Waals surface area contributed by atoms with Crippen molar-refractivity contribution in [1.29, 1.82) is 0 Å². The lowest BCUT2D eigenvalue weighted by Gasteiger charge is -2.13. The van der Waals surface area contributed by atoms with Crippen molar-refractivity contribution in [1.82, 2.24) is 5.32 Å². The molecular weight excluding hydrogens is 399 g/mol. The van der Waals surface area contributed by atoms with Crippen LogP contribution in [0.2, 0.25) is 0 Å². The van der Waals surface area contributed by atoms with Crippen molar-refractivity contribution in [2.45, 2.75) is 17.9 Å². The number of aliphatic carboxylic acids is 1. The molecule has 1 aromatic carbocycles. The molecular formula is C11H11IN2O5S. The van der Waals surface area contributed by atoms with E-state index in [2.05, 4.69) is 5.32 Å². The molecule has 0 fully saturated rings. The highest BCUT2D eigenvalue weighted by atomic mass is 127. The van der Waals surface area contributed by atoms with Crippen LogP contribution in [0.3, 0.4) is 0 Å². The molecule has 7 nitrogen and oxygen atoms in total. The van der Waals surface area contributed by atoms with Gasteiger partial charge in [-0.1, -0.05) is 0 Å². The van der Waals surface area contributed by atoms with Gasteiger partial charge in [0.05, 0.1) is 4.92 Å². The Morgan fingerprint density at radius 2 is 2.20 bits per heavy atom. The second-order valence-electron chi connectivity index (χ2n) is 3.77. The zero-order valence-corrected chi connectivity index (χ0v) is 13.3. The third-order valence-corrected chi connectivity index (χ3v) is 4.63. The van der Waals surface area contributed by atoms with E-state index in [0.717, 1.165) is 4.90 Å². The number of nitrogens with zero attached hydrogens (tertiary/aromatic N) is 1. The van der Waals surface area contributed by atoms with Gasteiger partial charge in [0.2, 0.25) is 5.91 Å². The van der Waals surface area contributed by atoms with E-state index in [1.165, 1.54) is 30.8 Å². The maximum Gasteiger partial charge on any atom is 0.327 e. The minimum Gasteiger partial charge on any atom is -0.480 e. The summed E-state index contributed by atoms with van der Waals surface area (Å²) < 4.78 is 0.661. The standard InChI is InChI=1S/C11H11IN2O5S/c1-6(15)13-9(11(16)17)5-20-10-3-2-7(14(18)19)4-8(10)12/h2-4,9H,5H2,1H3,(H,13,15)(H,16,17)/t9-/m0/s1. The number of nitrogens with one attached hydrogen (secondary N) is 1. The molecule has 0 spiro atoms. The van der Waals surface area contributed by atoms with Crippen molar-refractivity contribution in [3.05, 3.63) is 31.9 Å². The number of carbonyl (C=O) groups is 2. The van der Waals surface area contributed by atoms with Crippen molar-refractivity contribution < 1.29 is 19.6 Å². The van der Waals surface area contributed by atoms with Gasteiger partial charge in [0, 0.05) is 33.3 Å². The van der Waals surface area contributed by atoms with Crippen LogP contribution in [0, 0.1) is 13.7 Å². The zero-order chi connectivity index (χ0) is 15.3. The number of nitro groups is 1. The molecule has 0 saturated heterocycles. The highest BCUT2D eigenvalue weighted by Crippen LogP contribution is 2.28. The number of rotatable bonds is 6.